The molecule has 0 saturated carbocycles. The molecule has 1 N–H and O–H groups in total. The third-order valence-electron chi connectivity index (χ3n) is 3.18. The summed E-state index contributed by atoms with van der Waals surface area (Å²) in [6.45, 7) is -1.05. The number of ether oxygens (including phenoxy) is 3. The highest BCUT2D eigenvalue weighted by atomic mass is 19.1. The molecule has 0 saturated heterocycles. The van der Waals surface area contributed by atoms with Crippen molar-refractivity contribution in [2.75, 3.05) is 25.6 Å². The zero-order valence-corrected chi connectivity index (χ0v) is 13.9. The Bertz CT molecular complexity index is 808. The van der Waals surface area contributed by atoms with Crippen LogP contribution in [0.15, 0.2) is 42.5 Å². The summed E-state index contributed by atoms with van der Waals surface area (Å²) in [7, 11) is 1.39. The average molecular weight is 361 g/mol. The second-order valence-corrected chi connectivity index (χ2v) is 5.01. The molecule has 0 heterocycles. The van der Waals surface area contributed by atoms with Crippen molar-refractivity contribution in [3.05, 3.63) is 53.8 Å². The predicted octanol–water partition coefficient (Wildman–Crippen LogP) is 2.21. The number of carbonyl (C=O) groups excluding carboxylic acids is 3. The topological polar surface area (TPSA) is 90.9 Å². The van der Waals surface area contributed by atoms with Crippen LogP contribution in [0, 0.1) is 5.82 Å². The van der Waals surface area contributed by atoms with E-state index in [1.165, 1.54) is 43.5 Å². The molecule has 136 valence electrons. The first-order chi connectivity index (χ1) is 12.5. The van der Waals surface area contributed by atoms with Crippen LogP contribution in [0.3, 0.4) is 0 Å². The Balaban J connectivity index is 1.81. The van der Waals surface area contributed by atoms with Gasteiger partial charge in [-0.25, -0.2) is 9.18 Å². The Kier molecular flexibility index (Phi) is 6.67. The van der Waals surface area contributed by atoms with Gasteiger partial charge < -0.3 is 19.5 Å². The third kappa shape index (κ3) is 5.30. The van der Waals surface area contributed by atoms with E-state index in [1.54, 1.807) is 6.07 Å². The summed E-state index contributed by atoms with van der Waals surface area (Å²) in [5.41, 5.74) is 0.381. The maximum Gasteiger partial charge on any atom is 0.344 e. The molecule has 0 bridgehead atoms. The SMILES string of the molecule is COc1cc(C=O)ccc1OCC(=O)OCC(=O)Nc1ccccc1F. The number of carbonyl (C=O) groups is 3. The van der Waals surface area contributed by atoms with Gasteiger partial charge in [-0.3, -0.25) is 9.59 Å². The standard InChI is InChI=1S/C18H16FNO6/c1-24-16-8-12(9-21)6-7-15(16)25-11-18(23)26-10-17(22)20-14-5-3-2-4-13(14)19/h2-9H,10-11H2,1H3,(H,20,22). The molecule has 7 nitrogen and oxygen atoms in total. The Hall–Kier alpha value is -3.42. The minimum atomic E-state index is -0.796. The van der Waals surface area contributed by atoms with E-state index in [0.717, 1.165) is 0 Å². The van der Waals surface area contributed by atoms with Gasteiger partial charge in [0.1, 0.15) is 12.1 Å². The van der Waals surface area contributed by atoms with Gasteiger partial charge in [-0.05, 0) is 30.3 Å². The Labute approximate surface area is 148 Å². The van der Waals surface area contributed by atoms with Crippen LogP contribution in [0.2, 0.25) is 0 Å². The molecule has 26 heavy (non-hydrogen) atoms. The molecule has 2 rings (SSSR count). The molecule has 0 fully saturated rings. The molecule has 2 aromatic rings. The first-order valence-electron chi connectivity index (χ1n) is 7.49. The van der Waals surface area contributed by atoms with Gasteiger partial charge >= 0.3 is 5.97 Å². The maximum atomic E-state index is 13.4. The first-order valence-corrected chi connectivity index (χ1v) is 7.49. The van der Waals surface area contributed by atoms with Gasteiger partial charge in [-0.15, -0.1) is 0 Å². The number of amides is 1. The summed E-state index contributed by atoms with van der Waals surface area (Å²) in [6, 6.07) is 10.0. The number of esters is 1. The van der Waals surface area contributed by atoms with Gasteiger partial charge in [-0.1, -0.05) is 12.1 Å². The molecule has 0 aliphatic carbocycles. The molecule has 8 heteroatoms. The lowest BCUT2D eigenvalue weighted by atomic mass is 10.2. The average Bonchev–Trinajstić information content (AvgIpc) is 2.66. The van der Waals surface area contributed by atoms with Crippen LogP contribution in [-0.2, 0) is 14.3 Å². The lowest BCUT2D eigenvalue weighted by Gasteiger charge is -2.11. The number of aldehydes is 1. The third-order valence-corrected chi connectivity index (χ3v) is 3.18. The fourth-order valence-corrected chi connectivity index (χ4v) is 1.95. The summed E-state index contributed by atoms with van der Waals surface area (Å²) >= 11 is 0. The zero-order chi connectivity index (χ0) is 18.9. The number of methoxy groups -OCH3 is 1. The van der Waals surface area contributed by atoms with Gasteiger partial charge in [0.05, 0.1) is 12.8 Å². The van der Waals surface area contributed by atoms with E-state index in [2.05, 4.69) is 5.32 Å². The second-order valence-electron chi connectivity index (χ2n) is 5.01. The van der Waals surface area contributed by atoms with Crippen LogP contribution >= 0.6 is 0 Å². The predicted molar refractivity (Wildman–Crippen MR) is 89.9 cm³/mol. The van der Waals surface area contributed by atoms with Crippen molar-refractivity contribution in [1.29, 1.82) is 0 Å². The van der Waals surface area contributed by atoms with E-state index in [0.29, 0.717) is 11.8 Å². The molecule has 2 aromatic carbocycles. The van der Waals surface area contributed by atoms with Crippen molar-refractivity contribution in [1.82, 2.24) is 0 Å². The molecule has 0 spiro atoms. The zero-order valence-electron chi connectivity index (χ0n) is 13.9. The lowest BCUT2D eigenvalue weighted by molar-refractivity contribution is -0.149. The van der Waals surface area contributed by atoms with E-state index in [4.69, 9.17) is 14.2 Å². The van der Waals surface area contributed by atoms with Gasteiger partial charge in [0.2, 0.25) is 0 Å². The number of benzene rings is 2. The maximum absolute atomic E-state index is 13.4. The van der Waals surface area contributed by atoms with Crippen LogP contribution in [0.5, 0.6) is 11.5 Å². The highest BCUT2D eigenvalue weighted by molar-refractivity contribution is 5.92. The minimum absolute atomic E-state index is 0.00944. The highest BCUT2D eigenvalue weighted by Gasteiger charge is 2.12. The Morgan fingerprint density at radius 1 is 1.12 bits per heavy atom. The Morgan fingerprint density at radius 2 is 1.88 bits per heavy atom. The summed E-state index contributed by atoms with van der Waals surface area (Å²) in [5, 5.41) is 2.29. The van der Waals surface area contributed by atoms with Crippen LogP contribution in [0.4, 0.5) is 10.1 Å². The smallest absolute Gasteiger partial charge is 0.344 e. The monoisotopic (exact) mass is 361 g/mol. The minimum Gasteiger partial charge on any atom is -0.493 e. The number of para-hydroxylation sites is 1. The fourth-order valence-electron chi connectivity index (χ4n) is 1.95. The van der Waals surface area contributed by atoms with Crippen molar-refractivity contribution in [3.8, 4) is 11.5 Å². The van der Waals surface area contributed by atoms with E-state index in [1.807, 2.05) is 0 Å². The summed E-state index contributed by atoms with van der Waals surface area (Å²) < 4.78 is 28.5. The number of nitrogens with one attached hydrogen (secondary N) is 1. The number of anilines is 1. The molecule has 0 aromatic heterocycles. The largest absolute Gasteiger partial charge is 0.493 e. The van der Waals surface area contributed by atoms with E-state index in [9.17, 15) is 18.8 Å². The van der Waals surface area contributed by atoms with Gasteiger partial charge in [0.25, 0.3) is 5.91 Å². The first kappa shape index (κ1) is 18.9. The van der Waals surface area contributed by atoms with Crippen molar-refractivity contribution in [3.63, 3.8) is 0 Å². The number of rotatable bonds is 8. The quantitative estimate of drug-likeness (QED) is 0.573. The molecule has 0 unspecified atom stereocenters. The van der Waals surface area contributed by atoms with E-state index in [-0.39, 0.29) is 17.2 Å². The summed E-state index contributed by atoms with van der Waals surface area (Å²) in [5.74, 6) is -1.56. The molecule has 0 atom stereocenters. The molecule has 0 aliphatic heterocycles. The van der Waals surface area contributed by atoms with Crippen LogP contribution < -0.4 is 14.8 Å². The number of hydrogen-bond donors (Lipinski definition) is 1. The molecule has 0 aliphatic rings. The molecule has 1 amide bonds. The van der Waals surface area contributed by atoms with Gasteiger partial charge in [0.15, 0.2) is 24.7 Å². The van der Waals surface area contributed by atoms with Gasteiger partial charge in [-0.2, -0.15) is 0 Å². The van der Waals surface area contributed by atoms with Crippen LogP contribution in [0.1, 0.15) is 10.4 Å². The number of hydrogen-bond acceptors (Lipinski definition) is 6. The van der Waals surface area contributed by atoms with Crippen LogP contribution in [-0.4, -0.2) is 38.5 Å². The lowest BCUT2D eigenvalue weighted by Crippen LogP contribution is -2.24. The second kappa shape index (κ2) is 9.16. The normalized spacial score (nSPS) is 9.92. The van der Waals surface area contributed by atoms with E-state index < -0.39 is 30.9 Å². The fraction of sp³-hybridized carbons (Fsp3) is 0.167. The van der Waals surface area contributed by atoms with Crippen molar-refractivity contribution >= 4 is 23.9 Å². The van der Waals surface area contributed by atoms with Crippen molar-refractivity contribution in [2.45, 2.75) is 0 Å². The van der Waals surface area contributed by atoms with E-state index >= 15 is 0 Å². The summed E-state index contributed by atoms with van der Waals surface area (Å²) in [4.78, 5) is 34.1. The molecule has 0 radical (unpaired) electrons. The highest BCUT2D eigenvalue weighted by Crippen LogP contribution is 2.27. The number of halogens is 1. The van der Waals surface area contributed by atoms with Crippen molar-refractivity contribution in [2.24, 2.45) is 0 Å². The summed E-state index contributed by atoms with van der Waals surface area (Å²) in [6.07, 6.45) is 0.648. The van der Waals surface area contributed by atoms with Crippen molar-refractivity contribution < 1.29 is 33.0 Å². The molecular weight excluding hydrogens is 345 g/mol. The van der Waals surface area contributed by atoms with Crippen LogP contribution in [0.25, 0.3) is 0 Å². The molecular formula is C18H16FNO6. The van der Waals surface area contributed by atoms with Gasteiger partial charge in [0, 0.05) is 5.56 Å². The Morgan fingerprint density at radius 3 is 2.58 bits per heavy atom.